The van der Waals surface area contributed by atoms with Gasteiger partial charge in [-0.15, -0.1) is 0 Å². The lowest BCUT2D eigenvalue weighted by molar-refractivity contribution is -0.111. The lowest BCUT2D eigenvalue weighted by Crippen LogP contribution is -2.23. The van der Waals surface area contributed by atoms with Gasteiger partial charge >= 0.3 is 9.33 Å². The van der Waals surface area contributed by atoms with Crippen molar-refractivity contribution in [3.8, 4) is 0 Å². The second-order valence-corrected chi connectivity index (χ2v) is 4.01. The van der Waals surface area contributed by atoms with E-state index in [1.807, 2.05) is 0 Å². The monoisotopic (exact) mass is 221 g/mol. The third-order valence-corrected chi connectivity index (χ3v) is 1.37. The van der Waals surface area contributed by atoms with E-state index in [1.54, 1.807) is 0 Å². The molecule has 0 rings (SSSR count). The molecule has 66 valence electrons. The molecular weight excluding hydrogens is 217 g/mol. The Bertz CT molecular complexity index is 225. The quantitative estimate of drug-likeness (QED) is 0.396. The highest BCUT2D eigenvalue weighted by Crippen LogP contribution is 1.95. The molecule has 0 aliphatic rings. The van der Waals surface area contributed by atoms with E-state index in [-0.39, 0.29) is 13.3 Å². The van der Waals surface area contributed by atoms with Crippen molar-refractivity contribution in [3.05, 3.63) is 0 Å². The van der Waals surface area contributed by atoms with Gasteiger partial charge in [0.1, 0.15) is 6.73 Å². The van der Waals surface area contributed by atoms with Crippen molar-refractivity contribution in [1.82, 2.24) is 5.32 Å². The van der Waals surface area contributed by atoms with E-state index >= 15 is 0 Å². The summed E-state index contributed by atoms with van der Waals surface area (Å²) in [5.74, 6) is 0. The summed E-state index contributed by atoms with van der Waals surface area (Å²) in [5.41, 5.74) is 0. The molecule has 0 aromatic carbocycles. The van der Waals surface area contributed by atoms with Crippen LogP contribution in [0.4, 0.5) is 0 Å². The van der Waals surface area contributed by atoms with Gasteiger partial charge in [-0.1, -0.05) is 0 Å². The van der Waals surface area contributed by atoms with Crippen molar-refractivity contribution >= 4 is 36.9 Å². The summed E-state index contributed by atoms with van der Waals surface area (Å²) in [6.07, 6.45) is 0. The maximum absolute atomic E-state index is 10.1. The molecule has 0 saturated carbocycles. The molecule has 0 amide bonds. The van der Waals surface area contributed by atoms with Crippen LogP contribution in [0, 0.1) is 0 Å². The second-order valence-electron chi connectivity index (χ2n) is 1.44. The van der Waals surface area contributed by atoms with Gasteiger partial charge in [-0.05, 0) is 11.6 Å². The van der Waals surface area contributed by atoms with Gasteiger partial charge in [-0.2, -0.15) is 8.42 Å². The zero-order valence-corrected chi connectivity index (χ0v) is 7.54. The van der Waals surface area contributed by atoms with Crippen molar-refractivity contribution in [2.45, 2.75) is 0 Å². The Morgan fingerprint density at radius 2 is 2.09 bits per heavy atom. The first kappa shape index (κ1) is 11.1. The Balaban J connectivity index is 3.37. The minimum absolute atomic E-state index is 0.173. The van der Waals surface area contributed by atoms with Crippen molar-refractivity contribution in [3.63, 3.8) is 0 Å². The number of hydrogen-bond donors (Lipinski definition) is 1. The van der Waals surface area contributed by atoms with Crippen LogP contribution in [-0.2, 0) is 18.3 Å². The van der Waals surface area contributed by atoms with Crippen molar-refractivity contribution in [2.75, 3.05) is 13.3 Å². The molecule has 0 aliphatic heterocycles. The normalized spacial score (nSPS) is 11.5. The van der Waals surface area contributed by atoms with Gasteiger partial charge in [-0.25, -0.2) is 4.18 Å². The molecule has 0 spiro atoms. The maximum atomic E-state index is 10.1. The minimum atomic E-state index is -3.97. The SMILES string of the molecule is O=C(Cl)CNCOS(=O)(=O)Cl. The standard InChI is InChI=1S/C3H5Cl2NO4S/c4-3(7)1-6-2-10-11(5,8)9/h6H,1-2H2. The fourth-order valence-electron chi connectivity index (χ4n) is 0.261. The summed E-state index contributed by atoms with van der Waals surface area (Å²) < 4.78 is 24.1. The molecule has 1 N–H and O–H groups in total. The van der Waals surface area contributed by atoms with Crippen LogP contribution in [0.25, 0.3) is 0 Å². The Labute approximate surface area is 73.2 Å². The highest BCUT2D eigenvalue weighted by atomic mass is 35.7. The molecule has 0 unspecified atom stereocenters. The van der Waals surface area contributed by atoms with Crippen LogP contribution in [0.3, 0.4) is 0 Å². The van der Waals surface area contributed by atoms with Gasteiger partial charge in [0.25, 0.3) is 0 Å². The fourth-order valence-corrected chi connectivity index (χ4v) is 0.714. The van der Waals surface area contributed by atoms with Gasteiger partial charge < -0.3 is 0 Å². The van der Waals surface area contributed by atoms with E-state index < -0.39 is 14.6 Å². The number of halogens is 2. The first-order valence-electron chi connectivity index (χ1n) is 2.40. The predicted octanol–water partition coefficient (Wildman–Crippen LogP) is -0.201. The Morgan fingerprint density at radius 3 is 2.45 bits per heavy atom. The number of rotatable bonds is 5. The molecule has 0 heterocycles. The van der Waals surface area contributed by atoms with E-state index in [1.165, 1.54) is 0 Å². The summed E-state index contributed by atoms with van der Waals surface area (Å²) in [6.45, 7) is -0.543. The van der Waals surface area contributed by atoms with Crippen LogP contribution in [0.5, 0.6) is 0 Å². The number of nitrogens with one attached hydrogen (secondary N) is 1. The van der Waals surface area contributed by atoms with Crippen LogP contribution in [0.1, 0.15) is 0 Å². The molecule has 5 nitrogen and oxygen atoms in total. The van der Waals surface area contributed by atoms with E-state index in [4.69, 9.17) is 11.6 Å². The lowest BCUT2D eigenvalue weighted by Gasteiger charge is -1.98. The van der Waals surface area contributed by atoms with Crippen LogP contribution < -0.4 is 5.32 Å². The third-order valence-electron chi connectivity index (χ3n) is 0.566. The molecule has 0 radical (unpaired) electrons. The topological polar surface area (TPSA) is 72.5 Å². The van der Waals surface area contributed by atoms with Crippen LogP contribution in [0.15, 0.2) is 0 Å². The maximum Gasteiger partial charge on any atom is 0.356 e. The first-order chi connectivity index (χ1) is 4.92. The molecule has 0 aromatic heterocycles. The molecule has 0 fully saturated rings. The van der Waals surface area contributed by atoms with Crippen molar-refractivity contribution < 1.29 is 17.4 Å². The zero-order chi connectivity index (χ0) is 8.91. The predicted molar refractivity (Wildman–Crippen MR) is 39.6 cm³/mol. The molecular formula is C3H5Cl2NO4S. The van der Waals surface area contributed by atoms with Crippen LogP contribution >= 0.6 is 22.3 Å². The summed E-state index contributed by atoms with van der Waals surface area (Å²) in [6, 6.07) is 0. The summed E-state index contributed by atoms with van der Waals surface area (Å²) in [7, 11) is 0.674. The average Bonchev–Trinajstić information content (AvgIpc) is 1.78. The van der Waals surface area contributed by atoms with Crippen LogP contribution in [0.2, 0.25) is 0 Å². The summed E-state index contributed by atoms with van der Waals surface area (Å²) in [4.78, 5) is 10.0. The number of carbonyl (C=O) groups is 1. The zero-order valence-electron chi connectivity index (χ0n) is 5.21. The van der Waals surface area contributed by atoms with Crippen molar-refractivity contribution in [2.24, 2.45) is 0 Å². The number of hydrogen-bond acceptors (Lipinski definition) is 5. The molecule has 0 bridgehead atoms. The second kappa shape index (κ2) is 4.89. The van der Waals surface area contributed by atoms with Crippen molar-refractivity contribution in [1.29, 1.82) is 0 Å². The summed E-state index contributed by atoms with van der Waals surface area (Å²) >= 11 is 4.89. The third kappa shape index (κ3) is 10.1. The highest BCUT2D eigenvalue weighted by Gasteiger charge is 2.03. The van der Waals surface area contributed by atoms with Crippen LogP contribution in [-0.4, -0.2) is 26.9 Å². The van der Waals surface area contributed by atoms with E-state index in [2.05, 4.69) is 20.2 Å². The Kier molecular flexibility index (Phi) is 4.94. The van der Waals surface area contributed by atoms with E-state index in [9.17, 15) is 13.2 Å². The van der Waals surface area contributed by atoms with Gasteiger partial charge in [0.05, 0.1) is 6.54 Å². The number of carbonyl (C=O) groups excluding carboxylic acids is 1. The molecule has 0 aliphatic carbocycles. The van der Waals surface area contributed by atoms with Gasteiger partial charge in [-0.3, -0.25) is 10.1 Å². The summed E-state index contributed by atoms with van der Waals surface area (Å²) in [5, 5.41) is 1.64. The van der Waals surface area contributed by atoms with E-state index in [0.717, 1.165) is 0 Å². The Morgan fingerprint density at radius 1 is 1.55 bits per heavy atom. The van der Waals surface area contributed by atoms with E-state index in [0.29, 0.717) is 0 Å². The molecule has 0 saturated heterocycles. The largest absolute Gasteiger partial charge is 0.356 e. The highest BCUT2D eigenvalue weighted by molar-refractivity contribution is 8.09. The minimum Gasteiger partial charge on any atom is -0.285 e. The molecule has 11 heavy (non-hydrogen) atoms. The smallest absolute Gasteiger partial charge is 0.285 e. The fraction of sp³-hybridized carbons (Fsp3) is 0.667. The van der Waals surface area contributed by atoms with Gasteiger partial charge in [0, 0.05) is 10.7 Å². The molecule has 8 heteroatoms. The lowest BCUT2D eigenvalue weighted by atomic mass is 10.7. The first-order valence-corrected chi connectivity index (χ1v) is 5.01. The van der Waals surface area contributed by atoms with Gasteiger partial charge in [0.2, 0.25) is 5.24 Å². The van der Waals surface area contributed by atoms with Gasteiger partial charge in [0.15, 0.2) is 0 Å². The Hall–Kier alpha value is 0.120. The molecule has 0 atom stereocenters. The molecule has 0 aromatic rings. The average molecular weight is 222 g/mol.